The number of anilines is 6. The highest BCUT2D eigenvalue weighted by Crippen LogP contribution is 2.53. The summed E-state index contributed by atoms with van der Waals surface area (Å²) < 4.78 is 170. The van der Waals surface area contributed by atoms with Crippen molar-refractivity contribution in [1.29, 1.82) is 0 Å². The maximum absolute atomic E-state index is 17.4. The van der Waals surface area contributed by atoms with Crippen LogP contribution in [0.15, 0.2) is 162 Å². The predicted molar refractivity (Wildman–Crippen MR) is 541 cm³/mol. The third-order valence-corrected chi connectivity index (χ3v) is 28.6. The summed E-state index contributed by atoms with van der Waals surface area (Å²) in [7, 11) is 0. The number of hydrogen-bond acceptors (Lipinski definition) is 20. The number of piperazine rings is 3. The Hall–Kier alpha value is -15.5. The Morgan fingerprint density at radius 3 is 1.02 bits per heavy atom. The molecule has 7 aliphatic rings. The molecule has 0 spiro atoms. The summed E-state index contributed by atoms with van der Waals surface area (Å²) in [6.07, 6.45) is 7.65. The van der Waals surface area contributed by atoms with E-state index < -0.39 is 222 Å². The number of carbonyl (C=O) groups is 6. The molecule has 8 unspecified atom stereocenters. The molecule has 6 amide bonds. The molecule has 0 aliphatic carbocycles. The maximum Gasteiger partial charge on any atom is 0.281 e. The molecule has 29 nitrogen and oxygen atoms in total. The number of aliphatic hydroxyl groups is 1. The number of hydrogen-bond donors (Lipinski definition) is 4. The van der Waals surface area contributed by atoms with Gasteiger partial charge in [0, 0.05) is 85.7 Å². The summed E-state index contributed by atoms with van der Waals surface area (Å²) in [5.41, 5.74) is -5.56. The summed E-state index contributed by atoms with van der Waals surface area (Å²) in [6, 6.07) is 12.3. The van der Waals surface area contributed by atoms with Gasteiger partial charge in [0.15, 0.2) is 17.5 Å². The van der Waals surface area contributed by atoms with Gasteiger partial charge in [0.1, 0.15) is 94.0 Å². The molecule has 4 fully saturated rings. The lowest BCUT2D eigenvalue weighted by atomic mass is 9.93. The van der Waals surface area contributed by atoms with Crippen molar-refractivity contribution in [2.45, 2.75) is 169 Å². The Morgan fingerprint density at radius 2 is 0.730 bits per heavy atom. The number of fused-ring (bicyclic) bond motifs is 15. The van der Waals surface area contributed by atoms with Gasteiger partial charge in [-0.2, -0.15) is 0 Å². The first kappa shape index (κ1) is 104. The first-order valence-electron chi connectivity index (χ1n) is 48.4. The van der Waals surface area contributed by atoms with E-state index in [1.165, 1.54) is 60.7 Å². The van der Waals surface area contributed by atoms with E-state index in [2.05, 4.69) is 34.7 Å². The maximum atomic E-state index is 17.4. The molecular weight excluding hydrogens is 1930 g/mol. The van der Waals surface area contributed by atoms with Crippen LogP contribution < -0.4 is 46.1 Å². The minimum Gasteiger partial charge on any atom is -0.507 e. The minimum absolute atomic E-state index is 0.0206. The van der Waals surface area contributed by atoms with Crippen LogP contribution in [0.2, 0.25) is 0 Å². The smallest absolute Gasteiger partial charge is 0.281 e. The fourth-order valence-electron chi connectivity index (χ4n) is 21.7. The van der Waals surface area contributed by atoms with E-state index in [4.69, 9.17) is 4.74 Å². The number of alkyl halides is 1. The van der Waals surface area contributed by atoms with E-state index in [0.29, 0.717) is 46.8 Å². The van der Waals surface area contributed by atoms with Crippen molar-refractivity contribution in [2.24, 2.45) is 0 Å². The van der Waals surface area contributed by atoms with Gasteiger partial charge in [-0.25, -0.2) is 43.9 Å². The number of aromatic hydroxyl groups is 3. The molecule has 19 rings (SSSR count). The normalized spacial score (nSPS) is 18.7. The molecule has 39 heteroatoms. The second kappa shape index (κ2) is 40.4. The highest BCUT2D eigenvalue weighted by Gasteiger charge is 2.54. The topological polar surface area (TPSA) is 326 Å². The van der Waals surface area contributed by atoms with Crippen LogP contribution in [0.5, 0.6) is 17.2 Å². The van der Waals surface area contributed by atoms with Crippen molar-refractivity contribution in [2.75, 3.05) is 102 Å². The highest BCUT2D eigenvalue weighted by atomic mass is 19.2. The van der Waals surface area contributed by atoms with Crippen molar-refractivity contribution < 1.29 is 97.8 Å². The summed E-state index contributed by atoms with van der Waals surface area (Å²) in [6.45, 7) is 32.1. The lowest BCUT2D eigenvalue weighted by Gasteiger charge is -2.51. The molecule has 148 heavy (non-hydrogen) atoms. The number of aryl methyl sites for hydroxylation is 3. The molecule has 772 valence electrons. The second-order valence-electron chi connectivity index (χ2n) is 39.0. The van der Waals surface area contributed by atoms with Crippen LogP contribution in [-0.4, -0.2) is 220 Å². The number of amides is 6. The zero-order chi connectivity index (χ0) is 107. The van der Waals surface area contributed by atoms with E-state index in [0.717, 1.165) is 91.4 Å². The molecule has 8 atom stereocenters. The predicted octanol–water partition coefficient (Wildman–Crippen LogP) is 16.2. The Bertz CT molecular complexity index is 7740. The van der Waals surface area contributed by atoms with Gasteiger partial charge in [0.2, 0.25) is 17.7 Å². The lowest BCUT2D eigenvalue weighted by molar-refractivity contribution is -0.132. The number of pyridine rings is 6. The number of ether oxygens (including phenoxy) is 1. The zero-order valence-electron chi connectivity index (χ0n) is 83.1. The van der Waals surface area contributed by atoms with Crippen LogP contribution in [0, 0.1) is 73.1 Å². The van der Waals surface area contributed by atoms with Crippen LogP contribution in [0.4, 0.5) is 78.0 Å². The summed E-state index contributed by atoms with van der Waals surface area (Å²) >= 11 is 0. The van der Waals surface area contributed by atoms with Gasteiger partial charge in [0.05, 0.1) is 146 Å². The third kappa shape index (κ3) is 17.1. The Morgan fingerprint density at radius 1 is 0.419 bits per heavy atom. The molecule has 4 N–H and O–H groups in total. The molecule has 6 aromatic heterocycles. The molecule has 7 aliphatic heterocycles. The van der Waals surface area contributed by atoms with Crippen LogP contribution in [0.3, 0.4) is 0 Å². The van der Waals surface area contributed by atoms with E-state index in [1.54, 1.807) is 81.9 Å². The quantitative estimate of drug-likeness (QED) is 0.0458. The monoisotopic (exact) mass is 2040 g/mol. The standard InChI is InChI=1S/C37H36F3N5O5.C37H38F3N5O5.C35H33F4N5O4/c1-6-27(47)42-16-25-36(48)44(21-11-13-50-17-21)35-34(43(25)15-20(42)5)22-14-24(39)29(28-23(38)8-7-9-26(28)46)30(40)33(22)45(37(35)49)32-19(4)10-12-41-31(32)18(2)3;1-7-27(48)43-17-25-36(49)42(14-12-21(6)46)35-34(44(25)16-20(43)5)22-15-24(39)29(28-23(38)9-8-10-26(28)47)30(40)33(22)45(37(35)50)32-19(4)11-13-41-31(32)18(2)3;1-6-25(46)42-16-23-34(47)41(13-11-36)33-32(43(23)15-19(42)5)20-14-22(38)27(26-21(37)8-7-9-24(26)45)28(39)31(20)44(35(33)48)30-18(4)10-12-40-29(30)17(2)3/h6-10,12,14,18,20-21,25,46H,1,11,13,15-17H2,2-5H3;7-11,13,15,18,20-21,25,46-47H,1,12,14,16-17H2,2-6H3;6-10,12,14,17,19,23,45H,1,11,13,15-16H2,2-5H3. The number of aliphatic hydroxyl groups excluding tert-OH is 1. The number of nitrogens with zero attached hydrogens (tertiary/aromatic N) is 15. The van der Waals surface area contributed by atoms with Crippen LogP contribution in [0.25, 0.3) is 83.2 Å². The molecule has 0 radical (unpaired) electrons. The number of phenolic OH excluding ortho intramolecular Hbond substituents is 3. The van der Waals surface area contributed by atoms with Gasteiger partial charge in [-0.1, -0.05) is 79.5 Å². The SMILES string of the molecule is C=CC(=O)N1CC2C(=O)N(C3CCOC3)c3c(c4cc(F)c(-c5c(O)cccc5F)c(F)c4n(-c4c(C)ccnc4C(C)C)c3=O)N2CC1C.C=CC(=O)N1CC2C(=O)N(CCC(C)O)c3c(c4cc(F)c(-c5c(O)cccc5F)c(F)c4n(-c4c(C)ccnc4C(C)C)c3=O)N2CC1C.C=CC(=O)N1CC2C(=O)N(CCF)c3c(c4cc(F)c(-c5c(O)cccc5F)c(F)c4n(-c4c(C)ccnc4C(C)C)c3=O)N2CC1C. The molecule has 6 aromatic carbocycles. The summed E-state index contributed by atoms with van der Waals surface area (Å²) in [5.74, 6) is -16.7. The number of carbonyl (C=O) groups excluding carboxylic acids is 6. The van der Waals surface area contributed by atoms with Gasteiger partial charge in [-0.15, -0.1) is 0 Å². The number of benzene rings is 6. The Kier molecular flexibility index (Phi) is 28.3. The van der Waals surface area contributed by atoms with E-state index >= 15 is 49.1 Å². The summed E-state index contributed by atoms with van der Waals surface area (Å²) in [4.78, 5) is 153. The molecule has 12 aromatic rings. The molecular formula is C109H107F10N15O14. The first-order chi connectivity index (χ1) is 70.4. The fourth-order valence-corrected chi connectivity index (χ4v) is 21.7. The van der Waals surface area contributed by atoms with Crippen molar-refractivity contribution >= 4 is 102 Å². The van der Waals surface area contributed by atoms with Gasteiger partial charge in [0.25, 0.3) is 34.4 Å². The third-order valence-electron chi connectivity index (χ3n) is 28.6. The van der Waals surface area contributed by atoms with E-state index in [1.807, 2.05) is 41.5 Å². The molecule has 0 bridgehead atoms. The van der Waals surface area contributed by atoms with Crippen LogP contribution in [-0.2, 0) is 33.5 Å². The van der Waals surface area contributed by atoms with Gasteiger partial charge < -0.3 is 64.4 Å². The van der Waals surface area contributed by atoms with E-state index in [-0.39, 0.29) is 155 Å². The average molecular weight is 2040 g/mol. The number of phenols is 3. The van der Waals surface area contributed by atoms with Gasteiger partial charge >= 0.3 is 0 Å². The first-order valence-corrected chi connectivity index (χ1v) is 48.4. The summed E-state index contributed by atoms with van der Waals surface area (Å²) in [5, 5.41) is 41.8. The van der Waals surface area contributed by atoms with Crippen LogP contribution in [0.1, 0.15) is 134 Å². The lowest BCUT2D eigenvalue weighted by Crippen LogP contribution is -2.68. The number of rotatable bonds is 18. The largest absolute Gasteiger partial charge is 0.507 e. The average Bonchev–Trinajstić information content (AvgIpc) is 0.864. The van der Waals surface area contributed by atoms with Gasteiger partial charge in [-0.3, -0.25) is 76.7 Å². The minimum atomic E-state index is -1.35. The Labute approximate surface area is 842 Å². The highest BCUT2D eigenvalue weighted by molar-refractivity contribution is 6.17. The van der Waals surface area contributed by atoms with Crippen LogP contribution >= 0.6 is 0 Å². The van der Waals surface area contributed by atoms with Crippen molar-refractivity contribution in [3.63, 3.8) is 0 Å². The van der Waals surface area contributed by atoms with Crippen molar-refractivity contribution in [3.05, 3.63) is 265 Å². The fraction of sp³-hybridized carbons (Fsp3) is 0.339. The zero-order valence-corrected chi connectivity index (χ0v) is 83.1. The van der Waals surface area contributed by atoms with E-state index in [9.17, 15) is 58.4 Å². The Balaban J connectivity index is 0.000000151. The molecule has 13 heterocycles. The van der Waals surface area contributed by atoms with Crippen molar-refractivity contribution in [1.82, 2.24) is 43.4 Å². The number of aromatic nitrogens is 6. The molecule has 4 saturated heterocycles. The van der Waals surface area contributed by atoms with Gasteiger partial charge in [-0.05, 0) is 187 Å². The second-order valence-corrected chi connectivity index (χ2v) is 39.0. The number of halogens is 10. The van der Waals surface area contributed by atoms with Crippen molar-refractivity contribution in [3.8, 4) is 67.7 Å². The molecule has 0 saturated carbocycles.